The molecule has 0 bridgehead atoms. The molecule has 0 radical (unpaired) electrons. The van der Waals surface area contributed by atoms with E-state index in [9.17, 15) is 4.79 Å². The molecule has 0 fully saturated rings. The molecule has 1 aromatic heterocycles. The van der Waals surface area contributed by atoms with E-state index in [0.717, 1.165) is 44.3 Å². The van der Waals surface area contributed by atoms with E-state index < -0.39 is 0 Å². The average Bonchev–Trinajstić information content (AvgIpc) is 3.22. The van der Waals surface area contributed by atoms with E-state index in [1.807, 2.05) is 84.9 Å². The molecule has 0 aliphatic carbocycles. The van der Waals surface area contributed by atoms with Gasteiger partial charge < -0.3 is 9.88 Å². The first kappa shape index (κ1) is 21.2. The third kappa shape index (κ3) is 3.86. The highest BCUT2D eigenvalue weighted by Gasteiger charge is 2.15. The maximum Gasteiger partial charge on any atom is 0.255 e. The normalized spacial score (nSPS) is 11.1. The van der Waals surface area contributed by atoms with Crippen molar-refractivity contribution in [2.24, 2.45) is 0 Å². The molecule has 0 aliphatic heterocycles. The van der Waals surface area contributed by atoms with Gasteiger partial charge in [-0.2, -0.15) is 0 Å². The SMILES string of the molecule is O=C(Nc1ccccc1-c1ccc2c(c1)c1ccc(Cl)cc1n2-c1ccccc1)c1ccccc1. The first-order valence-electron chi connectivity index (χ1n) is 11.4. The van der Waals surface area contributed by atoms with Crippen LogP contribution in [0, 0.1) is 0 Å². The van der Waals surface area contributed by atoms with Crippen molar-refractivity contribution in [1.82, 2.24) is 4.57 Å². The first-order valence-corrected chi connectivity index (χ1v) is 11.8. The van der Waals surface area contributed by atoms with Gasteiger partial charge in [-0.1, -0.05) is 78.3 Å². The third-order valence-corrected chi connectivity index (χ3v) is 6.50. The van der Waals surface area contributed by atoms with Crippen molar-refractivity contribution < 1.29 is 4.79 Å². The molecule has 0 atom stereocenters. The average molecular weight is 473 g/mol. The van der Waals surface area contributed by atoms with Crippen LogP contribution in [0.1, 0.15) is 10.4 Å². The number of nitrogens with zero attached hydrogens (tertiary/aromatic N) is 1. The number of carbonyl (C=O) groups is 1. The smallest absolute Gasteiger partial charge is 0.255 e. The summed E-state index contributed by atoms with van der Waals surface area (Å²) in [5.74, 6) is -0.130. The van der Waals surface area contributed by atoms with Crippen LogP contribution in [0.15, 0.2) is 121 Å². The fourth-order valence-corrected chi connectivity index (χ4v) is 4.81. The Bertz CT molecular complexity index is 1690. The third-order valence-electron chi connectivity index (χ3n) is 6.26. The molecule has 1 N–H and O–H groups in total. The molecule has 0 saturated heterocycles. The second kappa shape index (κ2) is 8.79. The van der Waals surface area contributed by atoms with E-state index in [-0.39, 0.29) is 5.91 Å². The van der Waals surface area contributed by atoms with E-state index >= 15 is 0 Å². The number of para-hydroxylation sites is 2. The van der Waals surface area contributed by atoms with Gasteiger partial charge in [-0.25, -0.2) is 0 Å². The van der Waals surface area contributed by atoms with Crippen molar-refractivity contribution in [3.8, 4) is 16.8 Å². The summed E-state index contributed by atoms with van der Waals surface area (Å²) < 4.78 is 2.24. The summed E-state index contributed by atoms with van der Waals surface area (Å²) in [5, 5.41) is 6.04. The summed E-state index contributed by atoms with van der Waals surface area (Å²) in [4.78, 5) is 12.8. The molecule has 1 amide bonds. The summed E-state index contributed by atoms with van der Waals surface area (Å²) in [6, 6.07) is 39.9. The predicted molar refractivity (Wildman–Crippen MR) is 146 cm³/mol. The standard InChI is InChI=1S/C31H21ClN2O/c32-23-16-17-26-27-19-22(15-18-29(27)34(30(26)20-23)24-11-5-2-6-12-24)25-13-7-8-14-28(25)33-31(35)21-9-3-1-4-10-21/h1-20H,(H,33,35). The molecule has 168 valence electrons. The number of fused-ring (bicyclic) bond motifs is 3. The Kier molecular flexibility index (Phi) is 5.32. The van der Waals surface area contributed by atoms with Crippen LogP contribution in [-0.2, 0) is 0 Å². The highest BCUT2D eigenvalue weighted by atomic mass is 35.5. The van der Waals surface area contributed by atoms with Gasteiger partial charge in [0.25, 0.3) is 5.91 Å². The van der Waals surface area contributed by atoms with E-state index in [2.05, 4.69) is 46.3 Å². The van der Waals surface area contributed by atoms with E-state index in [1.54, 1.807) is 0 Å². The molecule has 35 heavy (non-hydrogen) atoms. The molecule has 4 heteroatoms. The molecule has 6 aromatic rings. The molecule has 0 saturated carbocycles. The Balaban J connectivity index is 1.50. The monoisotopic (exact) mass is 472 g/mol. The number of benzene rings is 5. The fraction of sp³-hybridized carbons (Fsp3) is 0. The maximum absolute atomic E-state index is 12.8. The topological polar surface area (TPSA) is 34.0 Å². The second-order valence-corrected chi connectivity index (χ2v) is 8.87. The van der Waals surface area contributed by atoms with Crippen LogP contribution in [-0.4, -0.2) is 10.5 Å². The Morgan fingerprint density at radius 2 is 1.37 bits per heavy atom. The quantitative estimate of drug-likeness (QED) is 0.275. The van der Waals surface area contributed by atoms with Crippen LogP contribution < -0.4 is 5.32 Å². The zero-order valence-electron chi connectivity index (χ0n) is 18.8. The summed E-state index contributed by atoms with van der Waals surface area (Å²) in [6.07, 6.45) is 0. The number of hydrogen-bond acceptors (Lipinski definition) is 1. The summed E-state index contributed by atoms with van der Waals surface area (Å²) in [5.41, 5.74) is 6.63. The Morgan fingerprint density at radius 1 is 0.657 bits per heavy atom. The Hall–Kier alpha value is -4.34. The van der Waals surface area contributed by atoms with Gasteiger partial charge in [0.15, 0.2) is 0 Å². The van der Waals surface area contributed by atoms with Crippen molar-refractivity contribution in [2.75, 3.05) is 5.32 Å². The van der Waals surface area contributed by atoms with Gasteiger partial charge >= 0.3 is 0 Å². The number of anilines is 1. The minimum atomic E-state index is -0.130. The van der Waals surface area contributed by atoms with Crippen LogP contribution in [0.25, 0.3) is 38.6 Å². The number of halogens is 1. The van der Waals surface area contributed by atoms with Crippen LogP contribution in [0.3, 0.4) is 0 Å². The number of aromatic nitrogens is 1. The largest absolute Gasteiger partial charge is 0.321 e. The zero-order valence-corrected chi connectivity index (χ0v) is 19.5. The van der Waals surface area contributed by atoms with Crippen molar-refractivity contribution in [3.05, 3.63) is 132 Å². The zero-order chi connectivity index (χ0) is 23.8. The van der Waals surface area contributed by atoms with Gasteiger partial charge in [0.05, 0.1) is 11.0 Å². The van der Waals surface area contributed by atoms with Gasteiger partial charge in [-0.15, -0.1) is 0 Å². The van der Waals surface area contributed by atoms with Crippen molar-refractivity contribution in [3.63, 3.8) is 0 Å². The van der Waals surface area contributed by atoms with Crippen LogP contribution >= 0.6 is 11.6 Å². The lowest BCUT2D eigenvalue weighted by atomic mass is 10.0. The van der Waals surface area contributed by atoms with Gasteiger partial charge in [0.1, 0.15) is 0 Å². The number of amides is 1. The minimum absolute atomic E-state index is 0.130. The summed E-state index contributed by atoms with van der Waals surface area (Å²) >= 11 is 6.40. The number of rotatable bonds is 4. The maximum atomic E-state index is 12.8. The van der Waals surface area contributed by atoms with Crippen molar-refractivity contribution in [2.45, 2.75) is 0 Å². The Labute approximate surface area is 208 Å². The van der Waals surface area contributed by atoms with Crippen LogP contribution in [0.5, 0.6) is 0 Å². The fourth-order valence-electron chi connectivity index (χ4n) is 4.64. The number of carbonyl (C=O) groups excluding carboxylic acids is 1. The molecule has 6 rings (SSSR count). The molecule has 3 nitrogen and oxygen atoms in total. The molecule has 1 heterocycles. The molecular weight excluding hydrogens is 452 g/mol. The summed E-state index contributed by atoms with van der Waals surface area (Å²) in [7, 11) is 0. The molecule has 0 unspecified atom stereocenters. The minimum Gasteiger partial charge on any atom is -0.321 e. The van der Waals surface area contributed by atoms with Gasteiger partial charge in [-0.05, 0) is 60.2 Å². The first-order chi connectivity index (χ1) is 17.2. The van der Waals surface area contributed by atoms with E-state index in [4.69, 9.17) is 11.6 Å². The lowest BCUT2D eigenvalue weighted by Gasteiger charge is -2.12. The van der Waals surface area contributed by atoms with Gasteiger partial charge in [0.2, 0.25) is 0 Å². The highest BCUT2D eigenvalue weighted by molar-refractivity contribution is 6.31. The van der Waals surface area contributed by atoms with Crippen molar-refractivity contribution in [1.29, 1.82) is 0 Å². The highest BCUT2D eigenvalue weighted by Crippen LogP contribution is 2.37. The van der Waals surface area contributed by atoms with E-state index in [0.29, 0.717) is 10.6 Å². The van der Waals surface area contributed by atoms with Crippen LogP contribution in [0.2, 0.25) is 5.02 Å². The van der Waals surface area contributed by atoms with Gasteiger partial charge in [-0.3, -0.25) is 4.79 Å². The molecule has 0 aliphatic rings. The Morgan fingerprint density at radius 3 is 2.17 bits per heavy atom. The molecular formula is C31H21ClN2O. The van der Waals surface area contributed by atoms with Crippen molar-refractivity contribution >= 4 is 45.0 Å². The second-order valence-electron chi connectivity index (χ2n) is 8.43. The number of nitrogens with one attached hydrogen (secondary N) is 1. The molecule has 5 aromatic carbocycles. The lowest BCUT2D eigenvalue weighted by Crippen LogP contribution is -2.12. The lowest BCUT2D eigenvalue weighted by molar-refractivity contribution is 0.102. The predicted octanol–water partition coefficient (Wildman–Crippen LogP) is 8.36. The van der Waals surface area contributed by atoms with Crippen LogP contribution in [0.4, 0.5) is 5.69 Å². The molecule has 0 spiro atoms. The van der Waals surface area contributed by atoms with Gasteiger partial charge in [0, 0.05) is 38.3 Å². The number of hydrogen-bond donors (Lipinski definition) is 1. The summed E-state index contributed by atoms with van der Waals surface area (Å²) in [6.45, 7) is 0. The van der Waals surface area contributed by atoms with E-state index in [1.165, 1.54) is 0 Å².